The van der Waals surface area contributed by atoms with Gasteiger partial charge in [-0.15, -0.1) is 0 Å². The largest absolute Gasteiger partial charge is 0.298 e. The fourth-order valence-electron chi connectivity index (χ4n) is 2.38. The molecule has 0 aliphatic heterocycles. The van der Waals surface area contributed by atoms with Crippen LogP contribution in [0.15, 0.2) is 0 Å². The molecular formula is C14H31N. The average Bonchev–Trinajstić information content (AvgIpc) is 2.19. The monoisotopic (exact) mass is 213 g/mol. The summed E-state index contributed by atoms with van der Waals surface area (Å²) in [6, 6.07) is 0.650. The Morgan fingerprint density at radius 2 is 1.47 bits per heavy atom. The van der Waals surface area contributed by atoms with Gasteiger partial charge in [-0.1, -0.05) is 27.7 Å². The van der Waals surface area contributed by atoms with Gasteiger partial charge in [0.15, 0.2) is 0 Å². The van der Waals surface area contributed by atoms with E-state index in [9.17, 15) is 0 Å². The first-order valence-electron chi connectivity index (χ1n) is 6.62. The summed E-state index contributed by atoms with van der Waals surface area (Å²) >= 11 is 0. The van der Waals surface area contributed by atoms with Crippen LogP contribution in [0.2, 0.25) is 0 Å². The van der Waals surface area contributed by atoms with E-state index >= 15 is 0 Å². The Balaban J connectivity index is 4.56. The molecule has 0 aliphatic rings. The van der Waals surface area contributed by atoms with E-state index in [-0.39, 0.29) is 0 Å². The highest BCUT2D eigenvalue weighted by atomic mass is 15.2. The summed E-state index contributed by atoms with van der Waals surface area (Å²) in [5.74, 6) is 0.822. The molecule has 1 nitrogen and oxygen atoms in total. The van der Waals surface area contributed by atoms with E-state index in [1.807, 2.05) is 0 Å². The minimum absolute atomic E-state index is 0.429. The van der Waals surface area contributed by atoms with Crippen LogP contribution in [0, 0.1) is 5.92 Å². The van der Waals surface area contributed by atoms with Crippen molar-refractivity contribution in [2.24, 2.45) is 5.92 Å². The maximum Gasteiger partial charge on any atom is 0.0204 e. The maximum absolute atomic E-state index is 2.58. The first-order chi connectivity index (χ1) is 6.89. The van der Waals surface area contributed by atoms with E-state index in [1.54, 1.807) is 0 Å². The molecule has 0 rings (SSSR count). The van der Waals surface area contributed by atoms with Crippen LogP contribution in [0.4, 0.5) is 0 Å². The maximum atomic E-state index is 2.58. The minimum Gasteiger partial charge on any atom is -0.298 e. The van der Waals surface area contributed by atoms with Crippen molar-refractivity contribution >= 4 is 0 Å². The molecule has 0 amide bonds. The Morgan fingerprint density at radius 1 is 1.00 bits per heavy atom. The predicted octanol–water partition coefficient (Wildman–Crippen LogP) is 4.32. The third-order valence-corrected chi connectivity index (χ3v) is 4.03. The van der Waals surface area contributed by atoms with Crippen molar-refractivity contribution in [2.75, 3.05) is 7.05 Å². The van der Waals surface area contributed by atoms with Crippen molar-refractivity contribution in [3.8, 4) is 0 Å². The van der Waals surface area contributed by atoms with Crippen LogP contribution in [0.25, 0.3) is 0 Å². The molecule has 0 spiro atoms. The molecule has 92 valence electrons. The van der Waals surface area contributed by atoms with Crippen LogP contribution in [0.5, 0.6) is 0 Å². The smallest absolute Gasteiger partial charge is 0.0204 e. The zero-order valence-electron chi connectivity index (χ0n) is 11.9. The van der Waals surface area contributed by atoms with Gasteiger partial charge in [0.1, 0.15) is 0 Å². The van der Waals surface area contributed by atoms with Crippen LogP contribution in [-0.4, -0.2) is 23.5 Å². The van der Waals surface area contributed by atoms with Crippen molar-refractivity contribution in [2.45, 2.75) is 78.8 Å². The minimum atomic E-state index is 0.429. The molecule has 1 heteroatoms. The highest BCUT2D eigenvalue weighted by Crippen LogP contribution is 2.31. The van der Waals surface area contributed by atoms with Gasteiger partial charge < -0.3 is 0 Å². The molecule has 0 bridgehead atoms. The summed E-state index contributed by atoms with van der Waals surface area (Å²) in [5.41, 5.74) is 0.429. The summed E-state index contributed by atoms with van der Waals surface area (Å²) in [4.78, 5) is 2.58. The Labute approximate surface area is 97.2 Å². The number of hydrogen-bond donors (Lipinski definition) is 0. The van der Waals surface area contributed by atoms with Gasteiger partial charge in [0, 0.05) is 11.6 Å². The summed E-state index contributed by atoms with van der Waals surface area (Å²) < 4.78 is 0. The van der Waals surface area contributed by atoms with Crippen molar-refractivity contribution in [1.82, 2.24) is 4.90 Å². The number of nitrogens with zero attached hydrogens (tertiary/aromatic N) is 1. The third kappa shape index (κ3) is 4.14. The van der Waals surface area contributed by atoms with Gasteiger partial charge in [-0.3, -0.25) is 4.90 Å². The highest BCUT2D eigenvalue weighted by Gasteiger charge is 2.31. The van der Waals surface area contributed by atoms with Crippen LogP contribution < -0.4 is 0 Å². The van der Waals surface area contributed by atoms with Crippen LogP contribution in [-0.2, 0) is 0 Å². The van der Waals surface area contributed by atoms with E-state index in [0.29, 0.717) is 11.6 Å². The zero-order chi connectivity index (χ0) is 12.1. The van der Waals surface area contributed by atoms with Crippen molar-refractivity contribution in [1.29, 1.82) is 0 Å². The van der Waals surface area contributed by atoms with Crippen molar-refractivity contribution < 1.29 is 0 Å². The molecule has 0 radical (unpaired) electrons. The fraction of sp³-hybridized carbons (Fsp3) is 1.00. The highest BCUT2D eigenvalue weighted by molar-refractivity contribution is 4.88. The standard InChI is InChI=1S/C14H31N/c1-8-14(9-2,11-10-12(3)4)15(7)13(5)6/h12-13H,8-11H2,1-7H3. The third-order valence-electron chi connectivity index (χ3n) is 4.03. The van der Waals surface area contributed by atoms with Gasteiger partial charge in [-0.05, 0) is 52.5 Å². The van der Waals surface area contributed by atoms with Crippen LogP contribution in [0.3, 0.4) is 0 Å². The molecule has 0 fully saturated rings. The van der Waals surface area contributed by atoms with Crippen LogP contribution >= 0.6 is 0 Å². The molecule has 0 heterocycles. The van der Waals surface area contributed by atoms with Gasteiger partial charge >= 0.3 is 0 Å². The molecule has 0 aromatic heterocycles. The Bertz CT molecular complexity index is 157. The summed E-state index contributed by atoms with van der Waals surface area (Å²) in [5, 5.41) is 0. The second-order valence-electron chi connectivity index (χ2n) is 5.57. The molecule has 0 unspecified atom stereocenters. The number of rotatable bonds is 7. The van der Waals surface area contributed by atoms with Crippen LogP contribution in [0.1, 0.15) is 67.2 Å². The first-order valence-corrected chi connectivity index (χ1v) is 6.62. The quantitative estimate of drug-likeness (QED) is 0.609. The van der Waals surface area contributed by atoms with E-state index < -0.39 is 0 Å². The zero-order valence-corrected chi connectivity index (χ0v) is 11.9. The summed E-state index contributed by atoms with van der Waals surface area (Å²) in [6.45, 7) is 13.9. The van der Waals surface area contributed by atoms with Gasteiger partial charge in [0.2, 0.25) is 0 Å². The lowest BCUT2D eigenvalue weighted by molar-refractivity contribution is 0.0627. The Hall–Kier alpha value is -0.0400. The van der Waals surface area contributed by atoms with Gasteiger partial charge in [0.05, 0.1) is 0 Å². The molecule has 0 saturated carbocycles. The normalized spacial score (nSPS) is 13.2. The molecule has 0 atom stereocenters. The predicted molar refractivity (Wildman–Crippen MR) is 70.3 cm³/mol. The average molecular weight is 213 g/mol. The first kappa shape index (κ1) is 15.0. The van der Waals surface area contributed by atoms with Crippen molar-refractivity contribution in [3.05, 3.63) is 0 Å². The molecule has 0 aliphatic carbocycles. The second-order valence-corrected chi connectivity index (χ2v) is 5.57. The summed E-state index contributed by atoms with van der Waals surface area (Å²) in [6.07, 6.45) is 5.22. The molecule has 15 heavy (non-hydrogen) atoms. The molecule has 0 aromatic rings. The lowest BCUT2D eigenvalue weighted by Crippen LogP contribution is -2.49. The lowest BCUT2D eigenvalue weighted by Gasteiger charge is -2.44. The van der Waals surface area contributed by atoms with E-state index in [1.165, 1.54) is 25.7 Å². The second kappa shape index (κ2) is 6.52. The molecule has 0 saturated heterocycles. The lowest BCUT2D eigenvalue weighted by atomic mass is 9.83. The molecule has 0 aromatic carbocycles. The number of hydrogen-bond acceptors (Lipinski definition) is 1. The van der Waals surface area contributed by atoms with E-state index in [0.717, 1.165) is 5.92 Å². The van der Waals surface area contributed by atoms with Gasteiger partial charge in [-0.2, -0.15) is 0 Å². The van der Waals surface area contributed by atoms with Gasteiger partial charge in [-0.25, -0.2) is 0 Å². The summed E-state index contributed by atoms with van der Waals surface area (Å²) in [7, 11) is 2.29. The Kier molecular flexibility index (Phi) is 6.51. The van der Waals surface area contributed by atoms with E-state index in [4.69, 9.17) is 0 Å². The molecular weight excluding hydrogens is 182 g/mol. The van der Waals surface area contributed by atoms with Gasteiger partial charge in [0.25, 0.3) is 0 Å². The SMILES string of the molecule is CCC(CC)(CCC(C)C)N(C)C(C)C. The molecule has 0 N–H and O–H groups in total. The Morgan fingerprint density at radius 3 is 1.73 bits per heavy atom. The van der Waals surface area contributed by atoms with E-state index in [2.05, 4.69) is 53.5 Å². The topological polar surface area (TPSA) is 3.24 Å². The fourth-order valence-corrected chi connectivity index (χ4v) is 2.38. The van der Waals surface area contributed by atoms with Crippen molar-refractivity contribution in [3.63, 3.8) is 0 Å².